The summed E-state index contributed by atoms with van der Waals surface area (Å²) >= 11 is 0. The van der Waals surface area contributed by atoms with Crippen molar-refractivity contribution in [3.63, 3.8) is 0 Å². The van der Waals surface area contributed by atoms with Gasteiger partial charge in [-0.2, -0.15) is 4.31 Å². The van der Waals surface area contributed by atoms with Crippen LogP contribution in [0, 0.1) is 12.7 Å². The van der Waals surface area contributed by atoms with Gasteiger partial charge in [0.1, 0.15) is 5.82 Å². The number of hydrogen-bond acceptors (Lipinski definition) is 3. The molecule has 7 heteroatoms. The Morgan fingerprint density at radius 3 is 2.52 bits per heavy atom. The number of carboxylic acids is 1. The van der Waals surface area contributed by atoms with E-state index in [1.54, 1.807) is 0 Å². The van der Waals surface area contributed by atoms with Gasteiger partial charge < -0.3 is 5.11 Å². The summed E-state index contributed by atoms with van der Waals surface area (Å²) in [5, 5.41) is 8.97. The number of aryl methyl sites for hydroxylation is 1. The first kappa shape index (κ1) is 15.7. The highest BCUT2D eigenvalue weighted by molar-refractivity contribution is 7.89. The molecule has 0 saturated heterocycles. The number of hydrogen-bond donors (Lipinski definition) is 1. The molecule has 0 unspecified atom stereocenters. The summed E-state index contributed by atoms with van der Waals surface area (Å²) in [5.74, 6) is -2.39. The summed E-state index contributed by atoms with van der Waals surface area (Å²) in [6, 6.07) is 2.05. The lowest BCUT2D eigenvalue weighted by atomic mass is 10.1. The number of aromatic carboxylic acids is 1. The Morgan fingerprint density at radius 1 is 1.33 bits per heavy atom. The van der Waals surface area contributed by atoms with Crippen LogP contribution in [0.3, 0.4) is 0 Å². The number of halogens is 1. The Hall–Kier alpha value is -1.73. The average molecular weight is 313 g/mol. The van der Waals surface area contributed by atoms with Gasteiger partial charge >= 0.3 is 5.97 Å². The first-order valence-corrected chi connectivity index (χ1v) is 7.86. The molecule has 5 nitrogen and oxygen atoms in total. The second-order valence-electron chi connectivity index (χ2n) is 5.07. The maximum absolute atomic E-state index is 13.7. The van der Waals surface area contributed by atoms with Crippen LogP contribution in [0.4, 0.5) is 4.39 Å². The lowest BCUT2D eigenvalue weighted by molar-refractivity contribution is 0.0691. The Morgan fingerprint density at radius 2 is 2.00 bits per heavy atom. The van der Waals surface area contributed by atoms with Gasteiger partial charge in [0, 0.05) is 13.1 Å². The molecule has 0 radical (unpaired) electrons. The van der Waals surface area contributed by atoms with E-state index in [9.17, 15) is 17.6 Å². The molecule has 1 N–H and O–H groups in total. The zero-order chi connectivity index (χ0) is 15.8. The molecule has 1 aliphatic rings. The third kappa shape index (κ3) is 2.98. The highest BCUT2D eigenvalue weighted by atomic mass is 32.2. The van der Waals surface area contributed by atoms with Gasteiger partial charge in [-0.3, -0.25) is 0 Å². The molecule has 0 spiro atoms. The van der Waals surface area contributed by atoms with Crippen LogP contribution < -0.4 is 0 Å². The fourth-order valence-electron chi connectivity index (χ4n) is 2.16. The third-order valence-corrected chi connectivity index (χ3v) is 5.34. The van der Waals surface area contributed by atoms with Crippen molar-refractivity contribution in [2.45, 2.75) is 25.2 Å². The molecule has 1 aromatic rings. The Kier molecular flexibility index (Phi) is 4.15. The lowest BCUT2D eigenvalue weighted by Crippen LogP contribution is -2.34. The minimum atomic E-state index is -3.82. The summed E-state index contributed by atoms with van der Waals surface area (Å²) in [7, 11) is -3.82. The van der Waals surface area contributed by atoms with E-state index in [-0.39, 0.29) is 17.0 Å². The number of carbonyl (C=O) groups is 1. The fourth-order valence-corrected chi connectivity index (χ4v) is 3.65. The normalized spacial score (nSPS) is 16.6. The molecule has 1 aliphatic heterocycles. The Balaban J connectivity index is 2.48. The second kappa shape index (κ2) is 5.57. The summed E-state index contributed by atoms with van der Waals surface area (Å²) in [6.45, 7) is 3.85. The molecule has 0 amide bonds. The molecule has 21 heavy (non-hydrogen) atoms. The Labute approximate surface area is 122 Å². The van der Waals surface area contributed by atoms with Crippen molar-refractivity contribution in [1.82, 2.24) is 4.31 Å². The highest BCUT2D eigenvalue weighted by Gasteiger charge is 2.28. The van der Waals surface area contributed by atoms with Crippen molar-refractivity contribution in [2.24, 2.45) is 0 Å². The average Bonchev–Trinajstić information content (AvgIpc) is 2.41. The summed E-state index contributed by atoms with van der Waals surface area (Å²) in [4.78, 5) is 10.8. The molecule has 1 aromatic carbocycles. The van der Waals surface area contributed by atoms with Crippen LogP contribution in [-0.4, -0.2) is 36.9 Å². The van der Waals surface area contributed by atoms with E-state index in [1.165, 1.54) is 17.3 Å². The van der Waals surface area contributed by atoms with Crippen LogP contribution in [0.25, 0.3) is 0 Å². The van der Waals surface area contributed by atoms with Gasteiger partial charge in [-0.15, -0.1) is 0 Å². The summed E-state index contributed by atoms with van der Waals surface area (Å²) in [6.07, 6.45) is 2.45. The molecule has 0 saturated carbocycles. The number of nitrogens with zero attached hydrogens (tertiary/aromatic N) is 1. The quantitative estimate of drug-likeness (QED) is 0.868. The van der Waals surface area contributed by atoms with E-state index < -0.39 is 27.4 Å². The van der Waals surface area contributed by atoms with Gasteiger partial charge in [0.05, 0.1) is 10.5 Å². The molecule has 0 fully saturated rings. The molecule has 0 atom stereocenters. The van der Waals surface area contributed by atoms with Crippen LogP contribution in [-0.2, 0) is 10.0 Å². The zero-order valence-electron chi connectivity index (χ0n) is 11.8. The third-order valence-electron chi connectivity index (χ3n) is 3.50. The maximum Gasteiger partial charge on any atom is 0.338 e. The van der Waals surface area contributed by atoms with Crippen LogP contribution in [0.1, 0.15) is 29.3 Å². The van der Waals surface area contributed by atoms with Crippen molar-refractivity contribution in [3.8, 4) is 0 Å². The molecular weight excluding hydrogens is 297 g/mol. The zero-order valence-corrected chi connectivity index (χ0v) is 12.6. The van der Waals surface area contributed by atoms with E-state index >= 15 is 0 Å². The number of sulfonamides is 1. The molecule has 0 bridgehead atoms. The molecule has 114 valence electrons. The molecule has 0 aromatic heterocycles. The van der Waals surface area contributed by atoms with Crippen molar-refractivity contribution >= 4 is 16.0 Å². The second-order valence-corrected chi connectivity index (χ2v) is 7.01. The predicted molar refractivity (Wildman–Crippen MR) is 75.2 cm³/mol. The largest absolute Gasteiger partial charge is 0.478 e. The van der Waals surface area contributed by atoms with Crippen molar-refractivity contribution < 1.29 is 22.7 Å². The van der Waals surface area contributed by atoms with Crippen LogP contribution in [0.15, 0.2) is 28.7 Å². The van der Waals surface area contributed by atoms with E-state index in [0.29, 0.717) is 13.0 Å². The molecule has 0 aliphatic carbocycles. The SMILES string of the molecule is CC1=CCN(S(=O)(=O)c2cc(C)c(F)c(C(=O)O)c2)CC1. The molecule has 2 rings (SSSR count). The fraction of sp³-hybridized carbons (Fsp3) is 0.357. The number of benzene rings is 1. The molecular formula is C14H16FNO4S. The van der Waals surface area contributed by atoms with E-state index in [0.717, 1.165) is 11.6 Å². The van der Waals surface area contributed by atoms with E-state index in [4.69, 9.17) is 5.11 Å². The summed E-state index contributed by atoms with van der Waals surface area (Å²) in [5.41, 5.74) is 0.484. The number of carboxylic acid groups (broad SMARTS) is 1. The smallest absolute Gasteiger partial charge is 0.338 e. The topological polar surface area (TPSA) is 74.7 Å². The van der Waals surface area contributed by atoms with Crippen molar-refractivity contribution in [2.75, 3.05) is 13.1 Å². The summed E-state index contributed by atoms with van der Waals surface area (Å²) < 4.78 is 40.0. The molecule has 1 heterocycles. The predicted octanol–water partition coefficient (Wildman–Crippen LogP) is 2.17. The number of rotatable bonds is 3. The first-order valence-electron chi connectivity index (χ1n) is 6.42. The lowest BCUT2D eigenvalue weighted by Gasteiger charge is -2.25. The van der Waals surface area contributed by atoms with Gasteiger partial charge in [-0.05, 0) is 38.0 Å². The highest BCUT2D eigenvalue weighted by Crippen LogP contribution is 2.24. The monoisotopic (exact) mass is 313 g/mol. The van der Waals surface area contributed by atoms with Crippen LogP contribution in [0.5, 0.6) is 0 Å². The van der Waals surface area contributed by atoms with Gasteiger partial charge in [0.15, 0.2) is 0 Å². The van der Waals surface area contributed by atoms with Crippen LogP contribution in [0.2, 0.25) is 0 Å². The Bertz CT molecular complexity index is 725. The van der Waals surface area contributed by atoms with Crippen molar-refractivity contribution in [3.05, 3.63) is 40.7 Å². The first-order chi connectivity index (χ1) is 9.73. The van der Waals surface area contributed by atoms with E-state index in [2.05, 4.69) is 0 Å². The minimum absolute atomic E-state index is 0.00259. The van der Waals surface area contributed by atoms with Gasteiger partial charge in [-0.25, -0.2) is 17.6 Å². The maximum atomic E-state index is 13.7. The van der Waals surface area contributed by atoms with Gasteiger partial charge in [0.25, 0.3) is 0 Å². The van der Waals surface area contributed by atoms with Crippen LogP contribution >= 0.6 is 0 Å². The van der Waals surface area contributed by atoms with Gasteiger partial charge in [-0.1, -0.05) is 11.6 Å². The van der Waals surface area contributed by atoms with E-state index in [1.807, 2.05) is 13.0 Å². The standard InChI is InChI=1S/C14H16FNO4S/c1-9-3-5-16(6-4-9)21(19,20)11-7-10(2)13(15)12(8-11)14(17)18/h3,7-8H,4-6H2,1-2H3,(H,17,18). The van der Waals surface area contributed by atoms with Gasteiger partial charge in [0.2, 0.25) is 10.0 Å². The minimum Gasteiger partial charge on any atom is -0.478 e. The van der Waals surface area contributed by atoms with Crippen molar-refractivity contribution in [1.29, 1.82) is 0 Å².